The normalized spacial score (nSPS) is 12.3. The number of ether oxygens (including phenoxy) is 1. The van der Waals surface area contributed by atoms with Crippen molar-refractivity contribution in [3.8, 4) is 0 Å². The van der Waals surface area contributed by atoms with Crippen molar-refractivity contribution < 1.29 is 4.74 Å². The molecule has 1 unspecified atom stereocenters. The van der Waals surface area contributed by atoms with Crippen LogP contribution in [0.4, 0.5) is 0 Å². The van der Waals surface area contributed by atoms with Crippen LogP contribution in [0.5, 0.6) is 0 Å². The third kappa shape index (κ3) is 8.46. The Balaban J connectivity index is 0.00000338. The summed E-state index contributed by atoms with van der Waals surface area (Å²) in [6, 6.07) is 10.3. The maximum absolute atomic E-state index is 5.89. The van der Waals surface area contributed by atoms with Crippen molar-refractivity contribution >= 4 is 41.3 Å². The van der Waals surface area contributed by atoms with Gasteiger partial charge < -0.3 is 15.4 Å². The molecule has 1 aromatic heterocycles. The van der Waals surface area contributed by atoms with E-state index >= 15 is 0 Å². The third-order valence-electron chi connectivity index (χ3n) is 3.66. The first-order valence-corrected chi connectivity index (χ1v) is 9.60. The van der Waals surface area contributed by atoms with E-state index in [-0.39, 0.29) is 30.1 Å². The van der Waals surface area contributed by atoms with Gasteiger partial charge >= 0.3 is 0 Å². The lowest BCUT2D eigenvalue weighted by atomic mass is 10.1. The Morgan fingerprint density at radius 3 is 2.69 bits per heavy atom. The first kappa shape index (κ1) is 22.9. The van der Waals surface area contributed by atoms with E-state index in [1.54, 1.807) is 11.3 Å². The van der Waals surface area contributed by atoms with Crippen molar-refractivity contribution in [1.29, 1.82) is 0 Å². The van der Waals surface area contributed by atoms with E-state index in [2.05, 4.69) is 46.6 Å². The van der Waals surface area contributed by atoms with Crippen molar-refractivity contribution in [2.75, 3.05) is 19.7 Å². The van der Waals surface area contributed by atoms with Crippen LogP contribution in [0.1, 0.15) is 41.8 Å². The molecule has 1 aromatic carbocycles. The topological polar surface area (TPSA) is 58.5 Å². The average molecular weight is 488 g/mol. The number of nitrogens with zero attached hydrogens (tertiary/aromatic N) is 2. The zero-order valence-corrected chi connectivity index (χ0v) is 18.8. The molecular weight excluding hydrogens is 459 g/mol. The molecule has 2 aromatic rings. The van der Waals surface area contributed by atoms with E-state index in [0.29, 0.717) is 6.54 Å². The zero-order chi connectivity index (χ0) is 17.9. The minimum atomic E-state index is 0. The number of halogens is 1. The summed E-state index contributed by atoms with van der Waals surface area (Å²) in [5.74, 6) is 0.838. The van der Waals surface area contributed by atoms with Crippen molar-refractivity contribution in [3.63, 3.8) is 0 Å². The zero-order valence-electron chi connectivity index (χ0n) is 15.7. The van der Waals surface area contributed by atoms with Gasteiger partial charge in [0, 0.05) is 30.8 Å². The number of nitrogens with one attached hydrogen (secondary N) is 2. The van der Waals surface area contributed by atoms with Gasteiger partial charge in [-0.1, -0.05) is 30.3 Å². The number of rotatable bonds is 9. The molecule has 0 fully saturated rings. The van der Waals surface area contributed by atoms with Gasteiger partial charge in [0.2, 0.25) is 0 Å². The van der Waals surface area contributed by atoms with Gasteiger partial charge in [-0.05, 0) is 32.8 Å². The van der Waals surface area contributed by atoms with Crippen LogP contribution < -0.4 is 10.6 Å². The lowest BCUT2D eigenvalue weighted by molar-refractivity contribution is 0.0646. The molecule has 5 nitrogen and oxygen atoms in total. The highest BCUT2D eigenvalue weighted by Gasteiger charge is 2.04. The minimum Gasteiger partial charge on any atom is -0.374 e. The van der Waals surface area contributed by atoms with E-state index in [4.69, 9.17) is 4.74 Å². The highest BCUT2D eigenvalue weighted by molar-refractivity contribution is 14.0. The van der Waals surface area contributed by atoms with E-state index in [0.717, 1.165) is 37.1 Å². The number of hydrogen-bond acceptors (Lipinski definition) is 4. The summed E-state index contributed by atoms with van der Waals surface area (Å²) in [7, 11) is 0. The van der Waals surface area contributed by atoms with Gasteiger partial charge in [-0.25, -0.2) is 9.98 Å². The molecule has 0 aliphatic heterocycles. The van der Waals surface area contributed by atoms with Crippen molar-refractivity contribution in [2.45, 2.75) is 39.8 Å². The van der Waals surface area contributed by atoms with Crippen molar-refractivity contribution in [2.24, 2.45) is 4.99 Å². The van der Waals surface area contributed by atoms with Gasteiger partial charge in [-0.2, -0.15) is 0 Å². The van der Waals surface area contributed by atoms with Gasteiger partial charge in [0.1, 0.15) is 0 Å². The Hall–Kier alpha value is -1.19. The third-order valence-corrected chi connectivity index (χ3v) is 4.55. The second-order valence-corrected chi connectivity index (χ2v) is 7.06. The summed E-state index contributed by atoms with van der Waals surface area (Å²) in [4.78, 5) is 10.0. The molecule has 0 saturated heterocycles. The van der Waals surface area contributed by atoms with Crippen molar-refractivity contribution in [3.05, 3.63) is 52.0 Å². The number of benzene rings is 1. The molecule has 0 aliphatic rings. The summed E-state index contributed by atoms with van der Waals surface area (Å²) in [6.45, 7) is 9.21. The summed E-state index contributed by atoms with van der Waals surface area (Å²) in [6.07, 6.45) is 2.95. The Morgan fingerprint density at radius 2 is 2.04 bits per heavy atom. The highest BCUT2D eigenvalue weighted by atomic mass is 127. The van der Waals surface area contributed by atoms with E-state index in [1.165, 1.54) is 10.4 Å². The Morgan fingerprint density at radius 1 is 1.27 bits per heavy atom. The largest absolute Gasteiger partial charge is 0.374 e. The molecule has 0 radical (unpaired) electrons. The quantitative estimate of drug-likeness (QED) is 0.239. The lowest BCUT2D eigenvalue weighted by Crippen LogP contribution is -2.38. The van der Waals surface area contributed by atoms with Crippen LogP contribution in [-0.4, -0.2) is 30.6 Å². The summed E-state index contributed by atoms with van der Waals surface area (Å²) >= 11 is 1.69. The average Bonchev–Trinajstić information content (AvgIpc) is 3.05. The summed E-state index contributed by atoms with van der Waals surface area (Å²) in [5, 5.41) is 7.70. The van der Waals surface area contributed by atoms with Crippen LogP contribution in [0.15, 0.2) is 41.5 Å². The molecule has 0 amide bonds. The molecule has 7 heteroatoms. The molecule has 144 valence electrons. The number of guanidine groups is 1. The van der Waals surface area contributed by atoms with Crippen LogP contribution >= 0.6 is 35.3 Å². The predicted octanol–water partition coefficient (Wildman–Crippen LogP) is 4.29. The fraction of sp³-hybridized carbons (Fsp3) is 0.474. The highest BCUT2D eigenvalue weighted by Crippen LogP contribution is 2.15. The SMILES string of the molecule is CCNC(=NCc1cnc(C)s1)NCCCOC(C)c1ccccc1.I. The first-order chi connectivity index (χ1) is 12.2. The van der Waals surface area contributed by atoms with Crippen LogP contribution in [0.2, 0.25) is 0 Å². The van der Waals surface area contributed by atoms with Crippen LogP contribution in [0.3, 0.4) is 0 Å². The number of aromatic nitrogens is 1. The number of aryl methyl sites for hydroxylation is 1. The second-order valence-electron chi connectivity index (χ2n) is 5.74. The molecule has 0 bridgehead atoms. The molecular formula is C19H29IN4OS. The van der Waals surface area contributed by atoms with Crippen LogP contribution in [-0.2, 0) is 11.3 Å². The second kappa shape index (κ2) is 13.1. The van der Waals surface area contributed by atoms with Crippen LogP contribution in [0.25, 0.3) is 0 Å². The molecule has 0 spiro atoms. The van der Waals surface area contributed by atoms with Gasteiger partial charge in [0.05, 0.1) is 17.7 Å². The van der Waals surface area contributed by atoms with E-state index < -0.39 is 0 Å². The number of thiazole rings is 1. The van der Waals surface area contributed by atoms with E-state index in [9.17, 15) is 0 Å². The minimum absolute atomic E-state index is 0. The van der Waals surface area contributed by atoms with E-state index in [1.807, 2.05) is 31.3 Å². The smallest absolute Gasteiger partial charge is 0.191 e. The first-order valence-electron chi connectivity index (χ1n) is 8.79. The molecule has 26 heavy (non-hydrogen) atoms. The fourth-order valence-electron chi connectivity index (χ4n) is 2.34. The van der Waals surface area contributed by atoms with Gasteiger partial charge in [0.25, 0.3) is 0 Å². The molecule has 0 aliphatic carbocycles. The molecule has 0 saturated carbocycles. The Bertz CT molecular complexity index is 648. The standard InChI is InChI=1S/C19H28N4OS.HI/c1-4-20-19(23-14-18-13-22-16(3)25-18)21-11-8-12-24-15(2)17-9-6-5-7-10-17;/h5-7,9-10,13,15H,4,8,11-12,14H2,1-3H3,(H2,20,21,23);1H. The number of aliphatic imine (C=N–C) groups is 1. The maximum atomic E-state index is 5.89. The summed E-state index contributed by atoms with van der Waals surface area (Å²) < 4.78 is 5.89. The van der Waals surface area contributed by atoms with Crippen LogP contribution in [0, 0.1) is 6.92 Å². The Kier molecular flexibility index (Phi) is 11.5. The predicted molar refractivity (Wildman–Crippen MR) is 121 cm³/mol. The van der Waals surface area contributed by atoms with Gasteiger partial charge in [-0.15, -0.1) is 35.3 Å². The molecule has 1 heterocycles. The molecule has 1 atom stereocenters. The summed E-state index contributed by atoms with van der Waals surface area (Å²) in [5.41, 5.74) is 1.21. The van der Waals surface area contributed by atoms with Crippen molar-refractivity contribution in [1.82, 2.24) is 15.6 Å². The molecule has 2 rings (SSSR count). The number of hydrogen-bond donors (Lipinski definition) is 2. The maximum Gasteiger partial charge on any atom is 0.191 e. The van der Waals surface area contributed by atoms with Gasteiger partial charge in [-0.3, -0.25) is 0 Å². The Labute approximate surface area is 177 Å². The van der Waals surface area contributed by atoms with Gasteiger partial charge in [0.15, 0.2) is 5.96 Å². The monoisotopic (exact) mass is 488 g/mol. The lowest BCUT2D eigenvalue weighted by Gasteiger charge is -2.14. The molecule has 2 N–H and O–H groups in total. The fourth-order valence-corrected chi connectivity index (χ4v) is 3.06.